The number of nitrogens with one attached hydrogen (secondary N) is 1. The number of aromatic nitrogens is 4. The molecule has 0 unspecified atom stereocenters. The molecule has 1 fully saturated rings. The first kappa shape index (κ1) is 22.2. The van der Waals surface area contributed by atoms with Gasteiger partial charge in [-0.3, -0.25) is 14.7 Å². The summed E-state index contributed by atoms with van der Waals surface area (Å²) in [7, 11) is 0. The highest BCUT2D eigenvalue weighted by molar-refractivity contribution is 7.22. The second-order valence-electron chi connectivity index (χ2n) is 8.10. The zero-order valence-electron chi connectivity index (χ0n) is 19.0. The summed E-state index contributed by atoms with van der Waals surface area (Å²) in [5.41, 5.74) is 1.97. The van der Waals surface area contributed by atoms with E-state index in [1.165, 1.54) is 30.2 Å². The van der Waals surface area contributed by atoms with Crippen LogP contribution in [0.15, 0.2) is 55.1 Å². The topological polar surface area (TPSA) is 96.4 Å². The maximum atomic E-state index is 11.4. The van der Waals surface area contributed by atoms with Gasteiger partial charge in [0, 0.05) is 57.6 Å². The first-order valence-electron chi connectivity index (χ1n) is 11.1. The highest BCUT2D eigenvalue weighted by atomic mass is 32.1. The third-order valence-corrected chi connectivity index (χ3v) is 6.82. The Labute approximate surface area is 201 Å². The Hall–Kier alpha value is -3.63. The van der Waals surface area contributed by atoms with Gasteiger partial charge in [0.1, 0.15) is 17.7 Å². The molecule has 0 spiro atoms. The fourth-order valence-electron chi connectivity index (χ4n) is 4.07. The van der Waals surface area contributed by atoms with Crippen LogP contribution >= 0.6 is 11.3 Å². The van der Waals surface area contributed by atoms with E-state index in [-0.39, 0.29) is 5.91 Å². The van der Waals surface area contributed by atoms with Gasteiger partial charge < -0.3 is 15.0 Å². The fraction of sp³-hybridized carbons (Fsp3) is 0.292. The molecule has 34 heavy (non-hydrogen) atoms. The molecule has 4 aromatic rings. The van der Waals surface area contributed by atoms with Crippen molar-refractivity contribution in [3.8, 4) is 11.6 Å². The van der Waals surface area contributed by atoms with E-state index < -0.39 is 0 Å². The Bertz CT molecular complexity index is 1290. The van der Waals surface area contributed by atoms with Crippen molar-refractivity contribution in [2.45, 2.75) is 19.9 Å². The van der Waals surface area contributed by atoms with Crippen molar-refractivity contribution < 1.29 is 9.53 Å². The number of pyridine rings is 1. The molecule has 174 valence electrons. The summed E-state index contributed by atoms with van der Waals surface area (Å²) < 4.78 is 7.02. The van der Waals surface area contributed by atoms with Crippen LogP contribution in [0.1, 0.15) is 25.5 Å². The van der Waals surface area contributed by atoms with Crippen molar-refractivity contribution in [1.29, 1.82) is 0 Å². The summed E-state index contributed by atoms with van der Waals surface area (Å²) in [6.45, 7) is 7.31. The maximum Gasteiger partial charge on any atom is 0.224 e. The van der Waals surface area contributed by atoms with E-state index in [1.807, 2.05) is 36.7 Å². The van der Waals surface area contributed by atoms with Gasteiger partial charge in [-0.2, -0.15) is 0 Å². The standard InChI is InChI=1S/C24H25N7O2S/c1-16(18-6-8-25-9-7-18)30-10-12-31(13-11-30)21-14-22(27-15-26-21)33-19-4-3-5-20-23(19)29-24(34-20)28-17(2)32/h3-9,14-16H,10-13H2,1-2H3,(H,28,29,32)/t16-/m0/s1. The van der Waals surface area contributed by atoms with Crippen LogP contribution in [0.4, 0.5) is 10.9 Å². The average molecular weight is 476 g/mol. The number of carbonyl (C=O) groups excluding carboxylic acids is 1. The number of hydrogen-bond acceptors (Lipinski definition) is 9. The molecule has 1 saturated heterocycles. The number of hydrogen-bond donors (Lipinski definition) is 1. The molecule has 0 aliphatic carbocycles. The van der Waals surface area contributed by atoms with Crippen LogP contribution in [-0.4, -0.2) is 56.9 Å². The number of piperazine rings is 1. The predicted octanol–water partition coefficient (Wildman–Crippen LogP) is 4.12. The number of rotatable bonds is 6. The number of amides is 1. The van der Waals surface area contributed by atoms with Crippen molar-refractivity contribution in [1.82, 2.24) is 24.8 Å². The fourth-order valence-corrected chi connectivity index (χ4v) is 5.00. The molecule has 0 radical (unpaired) electrons. The smallest absolute Gasteiger partial charge is 0.224 e. The highest BCUT2D eigenvalue weighted by Crippen LogP contribution is 2.34. The second-order valence-corrected chi connectivity index (χ2v) is 9.13. The first-order valence-corrected chi connectivity index (χ1v) is 11.9. The third-order valence-electron chi connectivity index (χ3n) is 5.88. The van der Waals surface area contributed by atoms with Gasteiger partial charge in [0.05, 0.1) is 4.70 Å². The third kappa shape index (κ3) is 4.82. The highest BCUT2D eigenvalue weighted by Gasteiger charge is 2.23. The molecule has 10 heteroatoms. The molecular weight excluding hydrogens is 450 g/mol. The van der Waals surface area contributed by atoms with Gasteiger partial charge in [0.25, 0.3) is 0 Å². The van der Waals surface area contributed by atoms with Crippen LogP contribution in [0.2, 0.25) is 0 Å². The van der Waals surface area contributed by atoms with E-state index in [2.05, 4.69) is 54.1 Å². The number of fused-ring (bicyclic) bond motifs is 1. The van der Waals surface area contributed by atoms with Gasteiger partial charge in [-0.15, -0.1) is 0 Å². The van der Waals surface area contributed by atoms with Gasteiger partial charge in [-0.05, 0) is 36.8 Å². The van der Waals surface area contributed by atoms with Crippen molar-refractivity contribution in [2.24, 2.45) is 0 Å². The minimum Gasteiger partial charge on any atom is -0.437 e. The molecule has 3 aromatic heterocycles. The summed E-state index contributed by atoms with van der Waals surface area (Å²) in [6.07, 6.45) is 5.22. The van der Waals surface area contributed by atoms with Gasteiger partial charge in [0.2, 0.25) is 11.8 Å². The Morgan fingerprint density at radius 3 is 2.68 bits per heavy atom. The molecule has 9 nitrogen and oxygen atoms in total. The zero-order chi connectivity index (χ0) is 23.5. The number of anilines is 2. The molecule has 1 aliphatic rings. The van der Waals surface area contributed by atoms with Crippen LogP contribution in [0.25, 0.3) is 10.2 Å². The largest absolute Gasteiger partial charge is 0.437 e. The van der Waals surface area contributed by atoms with Crippen molar-refractivity contribution >= 4 is 38.4 Å². The van der Waals surface area contributed by atoms with Gasteiger partial charge in [-0.1, -0.05) is 17.4 Å². The van der Waals surface area contributed by atoms with E-state index in [4.69, 9.17) is 4.74 Å². The second kappa shape index (κ2) is 9.70. The van der Waals surface area contributed by atoms with Crippen molar-refractivity contribution in [3.05, 3.63) is 60.7 Å². The van der Waals surface area contributed by atoms with E-state index >= 15 is 0 Å². The van der Waals surface area contributed by atoms with Gasteiger partial charge >= 0.3 is 0 Å². The van der Waals surface area contributed by atoms with E-state index in [9.17, 15) is 4.79 Å². The lowest BCUT2D eigenvalue weighted by atomic mass is 10.1. The quantitative estimate of drug-likeness (QED) is 0.445. The van der Waals surface area contributed by atoms with Crippen LogP contribution in [0, 0.1) is 0 Å². The number of carbonyl (C=O) groups is 1. The van der Waals surface area contributed by atoms with Crippen LogP contribution in [0.3, 0.4) is 0 Å². The van der Waals surface area contributed by atoms with Crippen LogP contribution < -0.4 is 15.0 Å². The number of thiazole rings is 1. The molecule has 4 heterocycles. The first-order chi connectivity index (χ1) is 16.6. The predicted molar refractivity (Wildman–Crippen MR) is 132 cm³/mol. The Morgan fingerprint density at radius 1 is 1.12 bits per heavy atom. The van der Waals surface area contributed by atoms with Crippen molar-refractivity contribution in [2.75, 3.05) is 36.4 Å². The Balaban J connectivity index is 1.28. The minimum atomic E-state index is -0.155. The molecule has 0 saturated carbocycles. The lowest BCUT2D eigenvalue weighted by Gasteiger charge is -2.38. The van der Waals surface area contributed by atoms with Crippen molar-refractivity contribution in [3.63, 3.8) is 0 Å². The lowest BCUT2D eigenvalue weighted by molar-refractivity contribution is -0.114. The molecule has 1 aliphatic heterocycles. The van der Waals surface area contributed by atoms with Gasteiger partial charge in [-0.25, -0.2) is 15.0 Å². The number of nitrogens with zero attached hydrogens (tertiary/aromatic N) is 6. The lowest BCUT2D eigenvalue weighted by Crippen LogP contribution is -2.47. The molecule has 1 aromatic carbocycles. The molecule has 1 N–H and O–H groups in total. The SMILES string of the molecule is CC(=O)Nc1nc2c(Oc3cc(N4CCN([C@@H](C)c5ccncc5)CC4)ncn3)cccc2s1. The number of para-hydroxylation sites is 1. The molecule has 1 amide bonds. The van der Waals surface area contributed by atoms with E-state index in [1.54, 1.807) is 0 Å². The van der Waals surface area contributed by atoms with Crippen LogP contribution in [0.5, 0.6) is 11.6 Å². The van der Waals surface area contributed by atoms with E-state index in [0.717, 1.165) is 36.7 Å². The summed E-state index contributed by atoms with van der Waals surface area (Å²) >= 11 is 1.40. The van der Waals surface area contributed by atoms with Crippen LogP contribution in [-0.2, 0) is 4.79 Å². The van der Waals surface area contributed by atoms with Gasteiger partial charge in [0.15, 0.2) is 10.9 Å². The number of benzene rings is 1. The summed E-state index contributed by atoms with van der Waals surface area (Å²) in [5.74, 6) is 1.73. The number of ether oxygens (including phenoxy) is 1. The molecule has 5 rings (SSSR count). The maximum absolute atomic E-state index is 11.4. The summed E-state index contributed by atoms with van der Waals surface area (Å²) in [4.78, 5) is 33.5. The average Bonchev–Trinajstić information content (AvgIpc) is 3.27. The summed E-state index contributed by atoms with van der Waals surface area (Å²) in [5, 5.41) is 3.28. The molecule has 0 bridgehead atoms. The normalized spacial score (nSPS) is 15.3. The summed E-state index contributed by atoms with van der Waals surface area (Å²) in [6, 6.07) is 12.1. The Morgan fingerprint density at radius 2 is 1.91 bits per heavy atom. The zero-order valence-corrected chi connectivity index (χ0v) is 19.8. The molecule has 1 atom stereocenters. The Kier molecular flexibility index (Phi) is 6.33. The molecular formula is C24H25N7O2S. The van der Waals surface area contributed by atoms with E-state index in [0.29, 0.717) is 28.3 Å². The monoisotopic (exact) mass is 475 g/mol. The minimum absolute atomic E-state index is 0.155.